The van der Waals surface area contributed by atoms with Crippen molar-refractivity contribution in [1.29, 1.82) is 0 Å². The van der Waals surface area contributed by atoms with Crippen molar-refractivity contribution in [3.8, 4) is 0 Å². The van der Waals surface area contributed by atoms with E-state index in [9.17, 15) is 19.2 Å². The maximum atomic E-state index is 12.2. The molecular weight excluding hydrogens is 320 g/mol. The van der Waals surface area contributed by atoms with Gasteiger partial charge >= 0.3 is 5.97 Å². The summed E-state index contributed by atoms with van der Waals surface area (Å²) >= 11 is 0. The lowest BCUT2D eigenvalue weighted by molar-refractivity contribution is -0.130. The quantitative estimate of drug-likeness (QED) is 0.294. The molecule has 3 amide bonds. The number of hydrogen-bond acceptors (Lipinski definition) is 6. The van der Waals surface area contributed by atoms with Gasteiger partial charge in [0, 0.05) is 19.0 Å². The number of carboxylic acid groups (broad SMARTS) is 1. The lowest BCUT2D eigenvalue weighted by Crippen LogP contribution is -2.37. The maximum Gasteiger partial charge on any atom is 0.375 e. The topological polar surface area (TPSA) is 160 Å². The molecule has 0 spiro atoms. The van der Waals surface area contributed by atoms with Gasteiger partial charge in [-0.25, -0.2) is 4.79 Å². The number of amides is 3. The number of primary amides is 1. The van der Waals surface area contributed by atoms with Crippen LogP contribution in [0.3, 0.4) is 0 Å². The molecule has 10 heteroatoms. The number of aliphatic carboxylic acids is 1. The highest BCUT2D eigenvalue weighted by atomic mass is 16.6. The molecule has 0 heterocycles. The van der Waals surface area contributed by atoms with Gasteiger partial charge in [-0.1, -0.05) is 23.4 Å². The van der Waals surface area contributed by atoms with E-state index in [0.717, 1.165) is 0 Å². The zero-order chi connectivity index (χ0) is 18.1. The Kier molecular flexibility index (Phi) is 6.89. The summed E-state index contributed by atoms with van der Waals surface area (Å²) in [7, 11) is 0. The zero-order valence-electron chi connectivity index (χ0n) is 12.7. The summed E-state index contributed by atoms with van der Waals surface area (Å²) < 4.78 is 0. The standard InChI is InChI=1S/C14H16N4O6/c1-8(19)16-6-9-4-2-3-5-10(9)13(21)17-12(14(22)23)18-24-7-11(15)20/h2-5H,6-7H2,1H3,(H2,15,20)(H,16,19)(H,22,23)(H,17,18,21). The van der Waals surface area contributed by atoms with Gasteiger partial charge in [0.2, 0.25) is 5.91 Å². The Labute approximate surface area is 136 Å². The van der Waals surface area contributed by atoms with Crippen LogP contribution in [0.2, 0.25) is 0 Å². The highest BCUT2D eigenvalue weighted by Gasteiger charge is 2.18. The van der Waals surface area contributed by atoms with Crippen molar-refractivity contribution in [1.82, 2.24) is 10.6 Å². The fourth-order valence-corrected chi connectivity index (χ4v) is 1.57. The van der Waals surface area contributed by atoms with E-state index in [-0.39, 0.29) is 18.0 Å². The van der Waals surface area contributed by atoms with Crippen molar-refractivity contribution < 1.29 is 29.1 Å². The molecule has 0 unspecified atom stereocenters. The Morgan fingerprint density at radius 2 is 1.92 bits per heavy atom. The molecule has 0 radical (unpaired) electrons. The van der Waals surface area contributed by atoms with Crippen LogP contribution in [-0.2, 0) is 25.8 Å². The fraction of sp³-hybridized carbons (Fsp3) is 0.214. The van der Waals surface area contributed by atoms with Crippen molar-refractivity contribution in [2.45, 2.75) is 13.5 Å². The molecule has 1 aromatic carbocycles. The van der Waals surface area contributed by atoms with Crippen molar-refractivity contribution in [2.24, 2.45) is 10.9 Å². The molecule has 128 valence electrons. The summed E-state index contributed by atoms with van der Waals surface area (Å²) in [5, 5.41) is 16.7. The number of amidine groups is 1. The first-order chi connectivity index (χ1) is 11.3. The number of nitrogens with two attached hydrogens (primary N) is 1. The summed E-state index contributed by atoms with van der Waals surface area (Å²) in [5.74, 6) is -4.27. The number of carbonyl (C=O) groups excluding carboxylic acids is 3. The minimum atomic E-state index is -1.56. The molecule has 10 nitrogen and oxygen atoms in total. The Morgan fingerprint density at radius 3 is 2.50 bits per heavy atom. The fourth-order valence-electron chi connectivity index (χ4n) is 1.57. The van der Waals surface area contributed by atoms with E-state index in [1.165, 1.54) is 13.0 Å². The molecule has 1 aromatic rings. The van der Waals surface area contributed by atoms with Crippen molar-refractivity contribution in [3.63, 3.8) is 0 Å². The predicted octanol–water partition coefficient (Wildman–Crippen LogP) is -1.05. The summed E-state index contributed by atoms with van der Waals surface area (Å²) in [6.07, 6.45) is 0. The van der Waals surface area contributed by atoms with Crippen LogP contribution in [0.4, 0.5) is 0 Å². The predicted molar refractivity (Wildman–Crippen MR) is 81.6 cm³/mol. The maximum absolute atomic E-state index is 12.2. The van der Waals surface area contributed by atoms with Crippen LogP contribution in [0.5, 0.6) is 0 Å². The highest BCUT2D eigenvalue weighted by molar-refractivity contribution is 6.38. The van der Waals surface area contributed by atoms with Crippen LogP contribution in [0.15, 0.2) is 29.4 Å². The summed E-state index contributed by atoms with van der Waals surface area (Å²) in [6.45, 7) is 0.788. The number of carbonyl (C=O) groups is 4. The second-order valence-electron chi connectivity index (χ2n) is 4.51. The van der Waals surface area contributed by atoms with Crippen LogP contribution < -0.4 is 16.4 Å². The Bertz CT molecular complexity index is 686. The second kappa shape index (κ2) is 8.88. The van der Waals surface area contributed by atoms with Gasteiger partial charge in [-0.2, -0.15) is 0 Å². The van der Waals surface area contributed by atoms with Crippen LogP contribution >= 0.6 is 0 Å². The molecule has 0 fully saturated rings. The van der Waals surface area contributed by atoms with Gasteiger partial charge in [0.05, 0.1) is 0 Å². The average Bonchev–Trinajstić information content (AvgIpc) is 2.51. The molecular formula is C14H16N4O6. The smallest absolute Gasteiger partial charge is 0.375 e. The first-order valence-corrected chi connectivity index (χ1v) is 6.66. The molecule has 0 aliphatic heterocycles. The Morgan fingerprint density at radius 1 is 1.25 bits per heavy atom. The van der Waals surface area contributed by atoms with E-state index in [1.54, 1.807) is 18.2 Å². The normalized spacial score (nSPS) is 10.6. The van der Waals surface area contributed by atoms with Gasteiger partial charge in [0.1, 0.15) is 0 Å². The van der Waals surface area contributed by atoms with E-state index in [0.29, 0.717) is 5.56 Å². The molecule has 24 heavy (non-hydrogen) atoms. The van der Waals surface area contributed by atoms with Crippen LogP contribution in [0, 0.1) is 0 Å². The Balaban J connectivity index is 2.90. The first kappa shape index (κ1) is 18.6. The number of rotatable bonds is 6. The number of nitrogens with one attached hydrogen (secondary N) is 2. The van der Waals surface area contributed by atoms with Crippen molar-refractivity contribution >= 4 is 29.5 Å². The third kappa shape index (κ3) is 6.13. The summed E-state index contributed by atoms with van der Waals surface area (Å²) in [5.41, 5.74) is 5.45. The molecule has 0 bridgehead atoms. The largest absolute Gasteiger partial charge is 0.475 e. The average molecular weight is 336 g/mol. The first-order valence-electron chi connectivity index (χ1n) is 6.66. The van der Waals surface area contributed by atoms with Crippen LogP contribution in [0.1, 0.15) is 22.8 Å². The van der Waals surface area contributed by atoms with E-state index in [2.05, 4.69) is 20.6 Å². The van der Waals surface area contributed by atoms with Gasteiger partial charge in [-0.05, 0) is 11.6 Å². The summed E-state index contributed by atoms with van der Waals surface area (Å²) in [4.78, 5) is 49.2. The van der Waals surface area contributed by atoms with E-state index in [1.807, 2.05) is 0 Å². The number of oxime groups is 1. The van der Waals surface area contributed by atoms with Gasteiger partial charge in [-0.3, -0.25) is 19.7 Å². The molecule has 0 aliphatic carbocycles. The van der Waals surface area contributed by atoms with Gasteiger partial charge in [0.15, 0.2) is 6.61 Å². The molecule has 0 atom stereocenters. The van der Waals surface area contributed by atoms with Gasteiger partial charge < -0.3 is 21.0 Å². The Hall–Kier alpha value is -3.43. The highest BCUT2D eigenvalue weighted by Crippen LogP contribution is 2.08. The molecule has 1 rings (SSSR count). The minimum absolute atomic E-state index is 0.0939. The lowest BCUT2D eigenvalue weighted by atomic mass is 10.1. The van der Waals surface area contributed by atoms with Crippen LogP contribution in [-0.4, -0.2) is 41.2 Å². The molecule has 0 aliphatic rings. The SMILES string of the molecule is CC(=O)NCc1ccccc1C(=O)NC(=NOCC(N)=O)C(=O)O. The van der Waals surface area contributed by atoms with Crippen LogP contribution in [0.25, 0.3) is 0 Å². The number of nitrogens with zero attached hydrogens (tertiary/aromatic N) is 1. The third-order valence-corrected chi connectivity index (χ3v) is 2.59. The molecule has 0 aromatic heterocycles. The molecule has 5 N–H and O–H groups in total. The van der Waals surface area contributed by atoms with Crippen molar-refractivity contribution in [3.05, 3.63) is 35.4 Å². The van der Waals surface area contributed by atoms with Gasteiger partial charge in [0.25, 0.3) is 17.6 Å². The lowest BCUT2D eigenvalue weighted by Gasteiger charge is -2.10. The number of hydrogen-bond donors (Lipinski definition) is 4. The van der Waals surface area contributed by atoms with Gasteiger partial charge in [-0.15, -0.1) is 0 Å². The molecule has 0 saturated heterocycles. The zero-order valence-corrected chi connectivity index (χ0v) is 12.7. The minimum Gasteiger partial charge on any atom is -0.475 e. The van der Waals surface area contributed by atoms with E-state index in [4.69, 9.17) is 10.8 Å². The number of carboxylic acids is 1. The third-order valence-electron chi connectivity index (χ3n) is 2.59. The molecule has 0 saturated carbocycles. The number of benzene rings is 1. The summed E-state index contributed by atoms with van der Waals surface area (Å²) in [6, 6.07) is 6.30. The van der Waals surface area contributed by atoms with Crippen molar-refractivity contribution in [2.75, 3.05) is 6.61 Å². The van der Waals surface area contributed by atoms with E-state index >= 15 is 0 Å². The van der Waals surface area contributed by atoms with E-state index < -0.39 is 30.2 Å². The monoisotopic (exact) mass is 336 g/mol. The second-order valence-corrected chi connectivity index (χ2v) is 4.51.